The number of furan rings is 1. The number of nitrogens with one attached hydrogen (secondary N) is 2. The number of H-pyrrole nitrogens is 1. The van der Waals surface area contributed by atoms with Crippen molar-refractivity contribution in [3.63, 3.8) is 0 Å². The Balaban J connectivity index is 1.60. The van der Waals surface area contributed by atoms with Crippen LogP contribution >= 0.6 is 15.9 Å². The van der Waals surface area contributed by atoms with E-state index in [9.17, 15) is 9.59 Å². The van der Waals surface area contributed by atoms with E-state index < -0.39 is 5.91 Å². The van der Waals surface area contributed by atoms with Crippen LogP contribution in [0.3, 0.4) is 0 Å². The Kier molecular flexibility index (Phi) is 4.74. The summed E-state index contributed by atoms with van der Waals surface area (Å²) in [4.78, 5) is 32.6. The molecule has 0 spiro atoms. The minimum absolute atomic E-state index is 0.122. The number of benzene rings is 1. The Morgan fingerprint density at radius 3 is 2.75 bits per heavy atom. The average molecular weight is 494 g/mol. The van der Waals surface area contributed by atoms with E-state index in [0.29, 0.717) is 27.2 Å². The summed E-state index contributed by atoms with van der Waals surface area (Å²) in [6, 6.07) is 12.5. The molecule has 0 fully saturated rings. The minimum atomic E-state index is -0.468. The predicted octanol–water partition coefficient (Wildman–Crippen LogP) is 3.52. The third-order valence-electron chi connectivity index (χ3n) is 4.74. The van der Waals surface area contributed by atoms with Crippen LogP contribution in [-0.4, -0.2) is 35.4 Å². The number of rotatable bonds is 4. The zero-order chi connectivity index (χ0) is 22.4. The number of hydrogen-bond donors (Lipinski definition) is 2. The lowest BCUT2D eigenvalue weighted by Gasteiger charge is -2.08. The number of halogens is 1. The zero-order valence-electron chi connectivity index (χ0n) is 17.0. The summed E-state index contributed by atoms with van der Waals surface area (Å²) in [6.45, 7) is 3.74. The van der Waals surface area contributed by atoms with Gasteiger partial charge in [0.1, 0.15) is 11.2 Å². The van der Waals surface area contributed by atoms with E-state index in [1.807, 2.05) is 31.2 Å². The minimum Gasteiger partial charge on any atom is -0.444 e. The number of amides is 1. The number of carbonyl (C=O) groups excluding carboxylic acids is 1. The van der Waals surface area contributed by atoms with Gasteiger partial charge in [0.2, 0.25) is 5.95 Å². The Bertz CT molecular complexity index is 1540. The first-order chi connectivity index (χ1) is 15.4. The molecule has 10 nitrogen and oxygen atoms in total. The van der Waals surface area contributed by atoms with E-state index in [2.05, 4.69) is 41.4 Å². The summed E-state index contributed by atoms with van der Waals surface area (Å²) in [5.41, 5.74) is 2.45. The second-order valence-corrected chi connectivity index (χ2v) is 7.94. The highest BCUT2D eigenvalue weighted by Crippen LogP contribution is 2.20. The van der Waals surface area contributed by atoms with E-state index in [4.69, 9.17) is 4.42 Å². The summed E-state index contributed by atoms with van der Waals surface area (Å²) in [6.07, 6.45) is 1.47. The van der Waals surface area contributed by atoms with Crippen LogP contribution in [0.15, 0.2) is 62.5 Å². The van der Waals surface area contributed by atoms with Crippen molar-refractivity contribution in [1.82, 2.24) is 29.5 Å². The van der Waals surface area contributed by atoms with Crippen molar-refractivity contribution in [2.24, 2.45) is 0 Å². The molecule has 0 aliphatic heterocycles. The lowest BCUT2D eigenvalue weighted by molar-refractivity contribution is 0.0994. The van der Waals surface area contributed by atoms with Crippen molar-refractivity contribution in [2.45, 2.75) is 13.8 Å². The van der Waals surface area contributed by atoms with Gasteiger partial charge in [-0.25, -0.2) is 4.68 Å². The molecule has 0 saturated carbocycles. The number of anilines is 1. The molecular formula is C21H16BrN7O3. The van der Waals surface area contributed by atoms with E-state index in [1.54, 1.807) is 29.8 Å². The number of aryl methyl sites for hydroxylation is 2. The summed E-state index contributed by atoms with van der Waals surface area (Å²) in [7, 11) is 0. The van der Waals surface area contributed by atoms with Crippen molar-refractivity contribution in [2.75, 3.05) is 5.32 Å². The molecule has 1 aromatic carbocycles. The molecule has 1 amide bonds. The molecule has 4 aromatic heterocycles. The molecule has 0 atom stereocenters. The molecule has 0 unspecified atom stereocenters. The number of carbonyl (C=O) groups is 1. The third kappa shape index (κ3) is 3.52. The third-order valence-corrected chi connectivity index (χ3v) is 5.17. The molecule has 5 rings (SSSR count). The maximum Gasteiger partial charge on any atom is 0.292 e. The fourth-order valence-corrected chi connectivity index (χ4v) is 3.63. The summed E-state index contributed by atoms with van der Waals surface area (Å²) in [5.74, 6) is 0.117. The van der Waals surface area contributed by atoms with Gasteiger partial charge in [-0.3, -0.25) is 14.6 Å². The normalized spacial score (nSPS) is 11.2. The fourth-order valence-electron chi connectivity index (χ4n) is 3.32. The number of aromatic amines is 1. The summed E-state index contributed by atoms with van der Waals surface area (Å²) in [5, 5.41) is 11.8. The standard InChI is InChI=1S/C21H16BrN7O3/c1-11-4-3-5-13(8-11)28-18-14(10-23-28)19(30)26-21(25-18)29-17(9-12(2)27-29)24-20(31)15-6-7-16(22)32-15/h3-10H,1-2H3,(H,24,31)(H,25,26,30). The Morgan fingerprint density at radius 1 is 1.16 bits per heavy atom. The van der Waals surface area contributed by atoms with Crippen LogP contribution in [0.1, 0.15) is 21.8 Å². The Morgan fingerprint density at radius 2 is 2.00 bits per heavy atom. The molecule has 11 heteroatoms. The largest absolute Gasteiger partial charge is 0.444 e. The molecule has 0 aliphatic carbocycles. The molecule has 2 N–H and O–H groups in total. The molecule has 4 heterocycles. The maximum absolute atomic E-state index is 12.8. The fraction of sp³-hybridized carbons (Fsp3) is 0.0952. The quantitative estimate of drug-likeness (QED) is 0.394. The highest BCUT2D eigenvalue weighted by molar-refractivity contribution is 9.10. The molecule has 32 heavy (non-hydrogen) atoms. The van der Waals surface area contributed by atoms with Gasteiger partial charge >= 0.3 is 0 Å². The summed E-state index contributed by atoms with van der Waals surface area (Å²) < 4.78 is 8.69. The molecule has 0 aliphatic rings. The van der Waals surface area contributed by atoms with Crippen LogP contribution in [0.25, 0.3) is 22.7 Å². The van der Waals surface area contributed by atoms with Gasteiger partial charge in [0.05, 0.1) is 17.6 Å². The van der Waals surface area contributed by atoms with Crippen LogP contribution < -0.4 is 10.9 Å². The molecule has 160 valence electrons. The van der Waals surface area contributed by atoms with Crippen LogP contribution in [0.5, 0.6) is 0 Å². The van der Waals surface area contributed by atoms with Crippen LogP contribution in [0.4, 0.5) is 5.82 Å². The molecule has 0 radical (unpaired) electrons. The Labute approximate surface area is 189 Å². The first-order valence-corrected chi connectivity index (χ1v) is 10.4. The molecule has 0 bridgehead atoms. The predicted molar refractivity (Wildman–Crippen MR) is 120 cm³/mol. The van der Waals surface area contributed by atoms with E-state index in [-0.39, 0.29) is 17.3 Å². The van der Waals surface area contributed by atoms with Gasteiger partial charge in [0.25, 0.3) is 11.5 Å². The van der Waals surface area contributed by atoms with E-state index in [0.717, 1.165) is 11.3 Å². The van der Waals surface area contributed by atoms with Crippen LogP contribution in [0, 0.1) is 13.8 Å². The number of aromatic nitrogens is 6. The smallest absolute Gasteiger partial charge is 0.292 e. The van der Waals surface area contributed by atoms with E-state index >= 15 is 0 Å². The second-order valence-electron chi connectivity index (χ2n) is 7.16. The highest BCUT2D eigenvalue weighted by atomic mass is 79.9. The molecule has 0 saturated heterocycles. The monoisotopic (exact) mass is 493 g/mol. The van der Waals surface area contributed by atoms with Gasteiger partial charge in [-0.05, 0) is 59.6 Å². The van der Waals surface area contributed by atoms with Crippen molar-refractivity contribution >= 4 is 38.7 Å². The van der Waals surface area contributed by atoms with Gasteiger partial charge in [0.15, 0.2) is 16.1 Å². The van der Waals surface area contributed by atoms with Gasteiger partial charge in [0, 0.05) is 6.07 Å². The van der Waals surface area contributed by atoms with Gasteiger partial charge < -0.3 is 9.73 Å². The number of hydrogen-bond acceptors (Lipinski definition) is 6. The lowest BCUT2D eigenvalue weighted by Crippen LogP contribution is -2.19. The average Bonchev–Trinajstić information content (AvgIpc) is 3.46. The van der Waals surface area contributed by atoms with E-state index in [1.165, 1.54) is 10.9 Å². The van der Waals surface area contributed by atoms with Gasteiger partial charge in [-0.15, -0.1) is 0 Å². The van der Waals surface area contributed by atoms with Crippen molar-refractivity contribution < 1.29 is 9.21 Å². The first-order valence-electron chi connectivity index (χ1n) is 9.58. The second kappa shape index (κ2) is 7.61. The molecule has 5 aromatic rings. The van der Waals surface area contributed by atoms with Gasteiger partial charge in [-0.2, -0.15) is 19.9 Å². The topological polar surface area (TPSA) is 124 Å². The van der Waals surface area contributed by atoms with Crippen LogP contribution in [0.2, 0.25) is 0 Å². The maximum atomic E-state index is 12.8. The number of fused-ring (bicyclic) bond motifs is 1. The van der Waals surface area contributed by atoms with Crippen molar-refractivity contribution in [3.05, 3.63) is 80.7 Å². The SMILES string of the molecule is Cc1cccc(-n2ncc3c(=O)[nH]c(-n4nc(C)cc4NC(=O)c4ccc(Br)o4)nc32)c1. The molecular weight excluding hydrogens is 478 g/mol. The van der Waals surface area contributed by atoms with Crippen LogP contribution in [-0.2, 0) is 0 Å². The first kappa shape index (κ1) is 19.9. The lowest BCUT2D eigenvalue weighted by atomic mass is 10.2. The Hall–Kier alpha value is -3.99. The van der Waals surface area contributed by atoms with Gasteiger partial charge in [-0.1, -0.05) is 12.1 Å². The van der Waals surface area contributed by atoms with Crippen molar-refractivity contribution in [1.29, 1.82) is 0 Å². The summed E-state index contributed by atoms with van der Waals surface area (Å²) >= 11 is 3.18. The highest BCUT2D eigenvalue weighted by Gasteiger charge is 2.18. The zero-order valence-corrected chi connectivity index (χ0v) is 18.5. The number of nitrogens with zero attached hydrogens (tertiary/aromatic N) is 5. The van der Waals surface area contributed by atoms with Crippen molar-refractivity contribution in [3.8, 4) is 11.6 Å².